The fourth-order valence-electron chi connectivity index (χ4n) is 2.73. The van der Waals surface area contributed by atoms with Crippen molar-refractivity contribution >= 4 is 39.9 Å². The number of para-hydroxylation sites is 1. The molecule has 0 spiro atoms. The molecule has 0 fully saturated rings. The monoisotopic (exact) mass is 349 g/mol. The number of anilines is 1. The number of nitrogens with zero attached hydrogens (tertiary/aromatic N) is 4. The molecule has 25 heavy (non-hydrogen) atoms. The van der Waals surface area contributed by atoms with Crippen LogP contribution in [0.5, 0.6) is 0 Å². The quantitative estimate of drug-likeness (QED) is 0.572. The van der Waals surface area contributed by atoms with E-state index in [9.17, 15) is 4.79 Å². The lowest BCUT2D eigenvalue weighted by atomic mass is 10.1. The molecule has 0 atom stereocenters. The van der Waals surface area contributed by atoms with Crippen molar-refractivity contribution in [1.82, 2.24) is 19.6 Å². The van der Waals surface area contributed by atoms with E-state index >= 15 is 0 Å². The van der Waals surface area contributed by atoms with Gasteiger partial charge in [0, 0.05) is 11.6 Å². The number of nitrogens with one attached hydrogen (secondary N) is 1. The van der Waals surface area contributed by atoms with Crippen LogP contribution >= 0.6 is 11.8 Å². The predicted molar refractivity (Wildman–Crippen MR) is 98.8 cm³/mol. The van der Waals surface area contributed by atoms with Gasteiger partial charge in [0.25, 0.3) is 0 Å². The van der Waals surface area contributed by atoms with Gasteiger partial charge < -0.3 is 5.32 Å². The molecule has 0 aliphatic heterocycles. The van der Waals surface area contributed by atoms with Crippen LogP contribution in [0, 0.1) is 6.92 Å². The first-order chi connectivity index (χ1) is 12.2. The number of benzene rings is 1. The molecule has 3 heterocycles. The van der Waals surface area contributed by atoms with Gasteiger partial charge in [0.1, 0.15) is 0 Å². The molecule has 7 heteroatoms. The maximum Gasteiger partial charge on any atom is 0.234 e. The Bertz CT molecular complexity index is 1060. The number of carbonyl (C=O) groups is 1. The van der Waals surface area contributed by atoms with Gasteiger partial charge in [-0.05, 0) is 36.8 Å². The van der Waals surface area contributed by atoms with Crippen molar-refractivity contribution in [2.45, 2.75) is 12.1 Å². The molecule has 0 aliphatic rings. The van der Waals surface area contributed by atoms with E-state index in [1.165, 1.54) is 11.8 Å². The fourth-order valence-corrected chi connectivity index (χ4v) is 3.48. The molecule has 0 unspecified atom stereocenters. The van der Waals surface area contributed by atoms with Gasteiger partial charge in [-0.3, -0.25) is 14.2 Å². The number of aromatic nitrogens is 4. The van der Waals surface area contributed by atoms with Crippen LogP contribution in [0.1, 0.15) is 5.56 Å². The second-order valence-electron chi connectivity index (χ2n) is 5.60. The summed E-state index contributed by atoms with van der Waals surface area (Å²) in [5.41, 5.74) is 3.66. The van der Waals surface area contributed by atoms with Crippen molar-refractivity contribution in [3.8, 4) is 0 Å². The third kappa shape index (κ3) is 3.06. The number of carbonyl (C=O) groups excluding carboxylic acids is 1. The van der Waals surface area contributed by atoms with Gasteiger partial charge >= 0.3 is 0 Å². The number of thioether (sulfide) groups is 1. The molecule has 0 aliphatic carbocycles. The molecular formula is C18H15N5OS. The first-order valence-electron chi connectivity index (χ1n) is 7.78. The summed E-state index contributed by atoms with van der Waals surface area (Å²) in [7, 11) is 0. The SMILES string of the molecule is Cc1cc2nnc(SCC(=O)Nc3cccnc3)n2c2ccccc12. The average molecular weight is 349 g/mol. The Morgan fingerprint density at radius 2 is 2.08 bits per heavy atom. The molecule has 6 nitrogen and oxygen atoms in total. The van der Waals surface area contributed by atoms with Crippen molar-refractivity contribution in [3.63, 3.8) is 0 Å². The number of pyridine rings is 2. The lowest BCUT2D eigenvalue weighted by Gasteiger charge is -2.07. The van der Waals surface area contributed by atoms with E-state index in [4.69, 9.17) is 0 Å². The molecule has 0 saturated heterocycles. The number of rotatable bonds is 4. The normalized spacial score (nSPS) is 11.1. The van der Waals surface area contributed by atoms with Gasteiger partial charge in [0.05, 0.1) is 23.2 Å². The number of hydrogen-bond donors (Lipinski definition) is 1. The van der Waals surface area contributed by atoms with E-state index in [0.717, 1.165) is 22.1 Å². The van der Waals surface area contributed by atoms with Crippen LogP contribution in [0.15, 0.2) is 60.0 Å². The molecule has 0 radical (unpaired) electrons. The summed E-state index contributed by atoms with van der Waals surface area (Å²) >= 11 is 1.36. The lowest BCUT2D eigenvalue weighted by Crippen LogP contribution is -2.14. The Morgan fingerprint density at radius 1 is 1.20 bits per heavy atom. The number of aryl methyl sites for hydroxylation is 1. The van der Waals surface area contributed by atoms with E-state index in [1.54, 1.807) is 24.5 Å². The largest absolute Gasteiger partial charge is 0.324 e. The molecule has 4 rings (SSSR count). The molecule has 1 aromatic carbocycles. The van der Waals surface area contributed by atoms with Crippen molar-refractivity contribution in [1.29, 1.82) is 0 Å². The lowest BCUT2D eigenvalue weighted by molar-refractivity contribution is -0.113. The highest BCUT2D eigenvalue weighted by molar-refractivity contribution is 7.99. The summed E-state index contributed by atoms with van der Waals surface area (Å²) < 4.78 is 1.99. The summed E-state index contributed by atoms with van der Waals surface area (Å²) in [4.78, 5) is 16.1. The van der Waals surface area contributed by atoms with Gasteiger partial charge in [-0.2, -0.15) is 0 Å². The minimum Gasteiger partial charge on any atom is -0.324 e. The van der Waals surface area contributed by atoms with Gasteiger partial charge in [-0.15, -0.1) is 10.2 Å². The van der Waals surface area contributed by atoms with Gasteiger partial charge in [-0.25, -0.2) is 0 Å². The minimum absolute atomic E-state index is 0.105. The highest BCUT2D eigenvalue weighted by Crippen LogP contribution is 2.25. The van der Waals surface area contributed by atoms with Crippen LogP contribution in [0.25, 0.3) is 16.6 Å². The van der Waals surface area contributed by atoms with Crippen molar-refractivity contribution in [3.05, 3.63) is 60.4 Å². The maximum absolute atomic E-state index is 12.1. The molecule has 1 N–H and O–H groups in total. The first-order valence-corrected chi connectivity index (χ1v) is 8.77. The Hall–Kier alpha value is -2.93. The summed E-state index contributed by atoms with van der Waals surface area (Å²) in [5.74, 6) is 0.143. The number of fused-ring (bicyclic) bond motifs is 3. The minimum atomic E-state index is -0.105. The summed E-state index contributed by atoms with van der Waals surface area (Å²) in [6.07, 6.45) is 3.28. The Morgan fingerprint density at radius 3 is 2.92 bits per heavy atom. The summed E-state index contributed by atoms with van der Waals surface area (Å²) in [6, 6.07) is 13.7. The zero-order valence-electron chi connectivity index (χ0n) is 13.5. The van der Waals surface area contributed by atoms with E-state index in [0.29, 0.717) is 10.8 Å². The van der Waals surface area contributed by atoms with Gasteiger partial charge in [0.2, 0.25) is 5.91 Å². The summed E-state index contributed by atoms with van der Waals surface area (Å²) in [6.45, 7) is 2.06. The van der Waals surface area contributed by atoms with Crippen molar-refractivity contribution in [2.24, 2.45) is 0 Å². The smallest absolute Gasteiger partial charge is 0.234 e. The second-order valence-corrected chi connectivity index (χ2v) is 6.54. The van der Waals surface area contributed by atoms with E-state index in [-0.39, 0.29) is 11.7 Å². The van der Waals surface area contributed by atoms with Crippen LogP contribution in [-0.2, 0) is 4.79 Å². The fraction of sp³-hybridized carbons (Fsp3) is 0.111. The van der Waals surface area contributed by atoms with Crippen molar-refractivity contribution < 1.29 is 4.79 Å². The second kappa shape index (κ2) is 6.52. The molecule has 0 bridgehead atoms. The van der Waals surface area contributed by atoms with Crippen LogP contribution in [0.4, 0.5) is 5.69 Å². The predicted octanol–water partition coefficient (Wildman–Crippen LogP) is 3.32. The van der Waals surface area contributed by atoms with E-state index in [1.807, 2.05) is 28.7 Å². The van der Waals surface area contributed by atoms with E-state index < -0.39 is 0 Å². The number of amides is 1. The first kappa shape index (κ1) is 15.6. The topological polar surface area (TPSA) is 72.2 Å². The van der Waals surface area contributed by atoms with Crippen LogP contribution in [0.2, 0.25) is 0 Å². The standard InChI is InChI=1S/C18H15N5OS/c1-12-9-16-21-22-18(23(16)15-7-3-2-6-14(12)15)25-11-17(24)20-13-5-4-8-19-10-13/h2-10H,11H2,1H3,(H,20,24). The Kier molecular flexibility index (Phi) is 4.07. The molecule has 0 saturated carbocycles. The zero-order valence-corrected chi connectivity index (χ0v) is 14.3. The molecule has 1 amide bonds. The third-order valence-electron chi connectivity index (χ3n) is 3.85. The Balaban J connectivity index is 1.60. The van der Waals surface area contributed by atoms with Gasteiger partial charge in [0.15, 0.2) is 10.8 Å². The molecular weight excluding hydrogens is 334 g/mol. The molecule has 124 valence electrons. The highest BCUT2D eigenvalue weighted by Gasteiger charge is 2.13. The van der Waals surface area contributed by atoms with Crippen LogP contribution in [-0.4, -0.2) is 31.2 Å². The van der Waals surface area contributed by atoms with Gasteiger partial charge in [-0.1, -0.05) is 30.0 Å². The summed E-state index contributed by atoms with van der Waals surface area (Å²) in [5, 5.41) is 13.2. The molecule has 4 aromatic rings. The van der Waals surface area contributed by atoms with E-state index in [2.05, 4.69) is 33.5 Å². The molecule has 3 aromatic heterocycles. The maximum atomic E-state index is 12.1. The Labute approximate surface area is 148 Å². The average Bonchev–Trinajstić information content (AvgIpc) is 3.04. The highest BCUT2D eigenvalue weighted by atomic mass is 32.2. The van der Waals surface area contributed by atoms with Crippen LogP contribution in [0.3, 0.4) is 0 Å². The number of hydrogen-bond acceptors (Lipinski definition) is 5. The zero-order chi connectivity index (χ0) is 17.2. The van der Waals surface area contributed by atoms with Crippen molar-refractivity contribution in [2.75, 3.05) is 11.1 Å². The third-order valence-corrected chi connectivity index (χ3v) is 4.78. The van der Waals surface area contributed by atoms with Crippen LogP contribution < -0.4 is 5.32 Å².